The second-order valence-electron chi connectivity index (χ2n) is 7.00. The highest BCUT2D eigenvalue weighted by molar-refractivity contribution is 5.95. The van der Waals surface area contributed by atoms with Crippen molar-refractivity contribution in [1.29, 1.82) is 0 Å². The zero-order chi connectivity index (χ0) is 17.8. The number of carbonyl (C=O) groups is 2. The first-order valence-corrected chi connectivity index (χ1v) is 9.10. The first-order valence-electron chi connectivity index (χ1n) is 9.10. The van der Waals surface area contributed by atoms with Crippen LogP contribution in [0, 0.1) is 6.92 Å². The Morgan fingerprint density at radius 1 is 1.04 bits per heavy atom. The number of urea groups is 1. The van der Waals surface area contributed by atoms with E-state index in [9.17, 15) is 9.59 Å². The summed E-state index contributed by atoms with van der Waals surface area (Å²) in [5.41, 5.74) is 3.07. The van der Waals surface area contributed by atoms with Crippen LogP contribution in [0.3, 0.4) is 0 Å². The van der Waals surface area contributed by atoms with Crippen LogP contribution in [0.5, 0.6) is 0 Å². The largest absolute Gasteiger partial charge is 0.459 e. The fourth-order valence-electron chi connectivity index (χ4n) is 3.55. The Bertz CT molecular complexity index is 671. The number of aryl methyl sites for hydroxylation is 1. The van der Waals surface area contributed by atoms with Crippen LogP contribution < -0.4 is 10.6 Å². The van der Waals surface area contributed by atoms with Crippen molar-refractivity contribution >= 4 is 12.0 Å². The molecule has 1 unspecified atom stereocenters. The highest BCUT2D eigenvalue weighted by atomic mass is 16.5. The van der Waals surface area contributed by atoms with E-state index in [0.29, 0.717) is 11.3 Å². The Labute approximate surface area is 148 Å². The van der Waals surface area contributed by atoms with E-state index in [1.54, 1.807) is 6.92 Å². The molecule has 134 valence electrons. The summed E-state index contributed by atoms with van der Waals surface area (Å²) in [7, 11) is 0. The highest BCUT2D eigenvalue weighted by Gasteiger charge is 2.33. The van der Waals surface area contributed by atoms with Gasteiger partial charge >= 0.3 is 12.0 Å². The van der Waals surface area contributed by atoms with Crippen LogP contribution in [0.15, 0.2) is 35.5 Å². The molecule has 0 radical (unpaired) electrons. The molecule has 1 aliphatic carbocycles. The van der Waals surface area contributed by atoms with E-state index in [-0.39, 0.29) is 18.1 Å². The Kier molecular flexibility index (Phi) is 5.41. The third-order valence-electron chi connectivity index (χ3n) is 4.98. The number of allylic oxidation sites excluding steroid dienone is 1. The van der Waals surface area contributed by atoms with E-state index in [0.717, 1.165) is 36.8 Å². The third-order valence-corrected chi connectivity index (χ3v) is 4.98. The minimum absolute atomic E-state index is 0.0217. The highest BCUT2D eigenvalue weighted by Crippen LogP contribution is 2.29. The fourth-order valence-corrected chi connectivity index (χ4v) is 3.55. The van der Waals surface area contributed by atoms with Crippen LogP contribution in [0.1, 0.15) is 62.6 Å². The molecule has 1 heterocycles. The van der Waals surface area contributed by atoms with E-state index >= 15 is 0 Å². The number of hydrogen-bond donors (Lipinski definition) is 2. The summed E-state index contributed by atoms with van der Waals surface area (Å²) in [6.07, 6.45) is 6.45. The molecule has 1 saturated carbocycles. The summed E-state index contributed by atoms with van der Waals surface area (Å²) in [5, 5.41) is 5.55. The number of ether oxygens (including phenoxy) is 1. The summed E-state index contributed by atoms with van der Waals surface area (Å²) in [4.78, 5) is 24.8. The van der Waals surface area contributed by atoms with Gasteiger partial charge in [0, 0.05) is 5.70 Å². The number of amides is 2. The van der Waals surface area contributed by atoms with Crippen molar-refractivity contribution < 1.29 is 14.3 Å². The van der Waals surface area contributed by atoms with E-state index in [1.165, 1.54) is 12.8 Å². The molecule has 1 aromatic carbocycles. The minimum Gasteiger partial charge on any atom is -0.459 e. The van der Waals surface area contributed by atoms with Gasteiger partial charge in [0.15, 0.2) is 0 Å². The van der Waals surface area contributed by atoms with E-state index in [4.69, 9.17) is 4.74 Å². The normalized spacial score (nSPS) is 22.0. The number of carbonyl (C=O) groups excluding carboxylic acids is 2. The summed E-state index contributed by atoms with van der Waals surface area (Å²) in [5.74, 6) is -0.331. The van der Waals surface area contributed by atoms with Gasteiger partial charge in [-0.2, -0.15) is 0 Å². The Morgan fingerprint density at radius 2 is 1.68 bits per heavy atom. The number of hydrogen-bond acceptors (Lipinski definition) is 3. The Hall–Kier alpha value is -2.30. The maximum Gasteiger partial charge on any atom is 0.338 e. The molecule has 5 nitrogen and oxygen atoms in total. The summed E-state index contributed by atoms with van der Waals surface area (Å²) < 4.78 is 5.80. The average Bonchev–Trinajstić information content (AvgIpc) is 2.83. The fraction of sp³-hybridized carbons (Fsp3) is 0.500. The van der Waals surface area contributed by atoms with Crippen molar-refractivity contribution in [1.82, 2.24) is 10.6 Å². The van der Waals surface area contributed by atoms with Crippen LogP contribution in [-0.2, 0) is 9.53 Å². The van der Waals surface area contributed by atoms with Crippen LogP contribution in [-0.4, -0.2) is 18.1 Å². The molecule has 25 heavy (non-hydrogen) atoms. The lowest BCUT2D eigenvalue weighted by atomic mass is 9.95. The first-order chi connectivity index (χ1) is 12.0. The van der Waals surface area contributed by atoms with Gasteiger partial charge in [-0.15, -0.1) is 0 Å². The van der Waals surface area contributed by atoms with Crippen molar-refractivity contribution in [3.05, 3.63) is 46.7 Å². The maximum absolute atomic E-state index is 12.9. The van der Waals surface area contributed by atoms with Gasteiger partial charge in [-0.1, -0.05) is 42.7 Å². The maximum atomic E-state index is 12.9. The molecule has 0 saturated heterocycles. The molecule has 1 aliphatic heterocycles. The lowest BCUT2D eigenvalue weighted by Gasteiger charge is -2.29. The second kappa shape index (κ2) is 7.72. The first kappa shape index (κ1) is 17.5. The van der Waals surface area contributed by atoms with Crippen LogP contribution >= 0.6 is 0 Å². The van der Waals surface area contributed by atoms with Crippen LogP contribution in [0.25, 0.3) is 0 Å². The topological polar surface area (TPSA) is 67.4 Å². The molecule has 1 atom stereocenters. The molecular weight excluding hydrogens is 316 g/mol. The Balaban J connectivity index is 1.83. The standard InChI is InChI=1S/C20H26N2O3/c1-13-9-11-15(12-10-13)18-17(14(2)21-20(24)22-18)19(23)25-16-7-5-3-4-6-8-16/h9-12,16,18H,3-8H2,1-2H3,(H2,21,22,24). The van der Waals surface area contributed by atoms with Gasteiger partial charge < -0.3 is 15.4 Å². The molecule has 1 aromatic rings. The van der Waals surface area contributed by atoms with Crippen molar-refractivity contribution in [2.75, 3.05) is 0 Å². The molecule has 3 rings (SSSR count). The van der Waals surface area contributed by atoms with Gasteiger partial charge in [0.1, 0.15) is 6.10 Å². The molecule has 5 heteroatoms. The monoisotopic (exact) mass is 342 g/mol. The van der Waals surface area contributed by atoms with E-state index < -0.39 is 6.04 Å². The molecule has 2 aliphatic rings. The SMILES string of the molecule is CC1=C(C(=O)OC2CCCCCC2)C(c2ccc(C)cc2)NC(=O)N1. The average molecular weight is 342 g/mol. The number of esters is 1. The number of nitrogens with one attached hydrogen (secondary N) is 2. The van der Waals surface area contributed by atoms with Crippen LogP contribution in [0.4, 0.5) is 4.79 Å². The predicted octanol–water partition coefficient (Wildman–Crippen LogP) is 3.89. The molecule has 0 aromatic heterocycles. The summed E-state index contributed by atoms with van der Waals surface area (Å²) >= 11 is 0. The molecule has 0 bridgehead atoms. The van der Waals surface area contributed by atoms with Gasteiger partial charge in [-0.3, -0.25) is 0 Å². The quantitative estimate of drug-likeness (QED) is 0.647. The van der Waals surface area contributed by atoms with Crippen molar-refractivity contribution in [3.63, 3.8) is 0 Å². The van der Waals surface area contributed by atoms with Crippen molar-refractivity contribution in [2.24, 2.45) is 0 Å². The molecule has 2 amide bonds. The van der Waals surface area contributed by atoms with Crippen LogP contribution in [0.2, 0.25) is 0 Å². The number of rotatable bonds is 3. The van der Waals surface area contributed by atoms with E-state index in [1.807, 2.05) is 31.2 Å². The smallest absolute Gasteiger partial charge is 0.338 e. The van der Waals surface area contributed by atoms with Gasteiger partial charge in [-0.25, -0.2) is 9.59 Å². The zero-order valence-electron chi connectivity index (χ0n) is 14.9. The zero-order valence-corrected chi connectivity index (χ0v) is 14.9. The molecule has 0 spiro atoms. The summed E-state index contributed by atoms with van der Waals surface area (Å²) in [6, 6.07) is 7.07. The minimum atomic E-state index is -0.479. The van der Waals surface area contributed by atoms with Gasteiger partial charge in [-0.05, 0) is 45.1 Å². The van der Waals surface area contributed by atoms with Crippen molar-refractivity contribution in [3.8, 4) is 0 Å². The third kappa shape index (κ3) is 4.21. The lowest BCUT2D eigenvalue weighted by Crippen LogP contribution is -2.45. The summed E-state index contributed by atoms with van der Waals surface area (Å²) in [6.45, 7) is 3.76. The van der Waals surface area contributed by atoms with Gasteiger partial charge in [0.05, 0.1) is 11.6 Å². The molecular formula is C20H26N2O3. The molecule has 1 fully saturated rings. The Morgan fingerprint density at radius 3 is 2.32 bits per heavy atom. The van der Waals surface area contributed by atoms with E-state index in [2.05, 4.69) is 10.6 Å². The van der Waals surface area contributed by atoms with Gasteiger partial charge in [0.2, 0.25) is 0 Å². The van der Waals surface area contributed by atoms with Crippen molar-refractivity contribution in [2.45, 2.75) is 64.5 Å². The molecule has 2 N–H and O–H groups in total. The number of benzene rings is 1. The second-order valence-corrected chi connectivity index (χ2v) is 7.00. The van der Waals surface area contributed by atoms with Gasteiger partial charge in [0.25, 0.3) is 0 Å². The lowest BCUT2D eigenvalue weighted by molar-refractivity contribution is -0.145. The predicted molar refractivity (Wildman–Crippen MR) is 95.9 cm³/mol.